The van der Waals surface area contributed by atoms with Crippen molar-refractivity contribution in [2.75, 3.05) is 28.4 Å². The number of furan rings is 1. The van der Waals surface area contributed by atoms with Crippen LogP contribution in [0.3, 0.4) is 0 Å². The molecule has 0 unspecified atom stereocenters. The van der Waals surface area contributed by atoms with Gasteiger partial charge >= 0.3 is 5.97 Å². The number of carboxylic acids is 1. The summed E-state index contributed by atoms with van der Waals surface area (Å²) in [6.07, 6.45) is 1.24. The van der Waals surface area contributed by atoms with E-state index in [2.05, 4.69) is 0 Å². The van der Waals surface area contributed by atoms with Crippen LogP contribution >= 0.6 is 0 Å². The maximum absolute atomic E-state index is 13.3. The van der Waals surface area contributed by atoms with E-state index in [1.807, 2.05) is 0 Å². The maximum atomic E-state index is 13.3. The van der Waals surface area contributed by atoms with Crippen molar-refractivity contribution in [3.8, 4) is 40.1 Å². The average Bonchev–Trinajstić information content (AvgIpc) is 3.44. The molecule has 1 aliphatic rings. The van der Waals surface area contributed by atoms with E-state index in [1.165, 1.54) is 21.3 Å². The number of methoxy groups -OCH3 is 4. The Hall–Kier alpha value is -4.92. The summed E-state index contributed by atoms with van der Waals surface area (Å²) >= 11 is 0. The fraction of sp³-hybridized carbons (Fsp3) is 0.172. The fourth-order valence-electron chi connectivity index (χ4n) is 4.52. The number of aliphatic carboxylic acids is 1. The van der Waals surface area contributed by atoms with Gasteiger partial charge in [-0.25, -0.2) is 0 Å². The Balaban J connectivity index is 1.63. The largest absolute Gasteiger partial charge is 0.497 e. The monoisotopic (exact) mass is 516 g/mol. The highest BCUT2D eigenvalue weighted by Crippen LogP contribution is 2.45. The number of fused-ring (bicyclic) bond motifs is 3. The maximum Gasteiger partial charge on any atom is 0.307 e. The van der Waals surface area contributed by atoms with Crippen LogP contribution in [-0.2, 0) is 11.2 Å². The van der Waals surface area contributed by atoms with Gasteiger partial charge in [-0.2, -0.15) is 0 Å². The summed E-state index contributed by atoms with van der Waals surface area (Å²) in [4.78, 5) is 25.1. The molecule has 0 amide bonds. The van der Waals surface area contributed by atoms with E-state index in [0.29, 0.717) is 62.0 Å². The second-order valence-electron chi connectivity index (χ2n) is 8.42. The van der Waals surface area contributed by atoms with Crippen LogP contribution in [0.1, 0.15) is 21.5 Å². The van der Waals surface area contributed by atoms with Crippen LogP contribution in [0.4, 0.5) is 0 Å². The molecule has 0 radical (unpaired) electrons. The molecule has 5 rings (SSSR count). The molecule has 1 aromatic heterocycles. The van der Waals surface area contributed by atoms with Crippen LogP contribution in [0, 0.1) is 0 Å². The van der Waals surface area contributed by atoms with Gasteiger partial charge in [0.05, 0.1) is 45.8 Å². The van der Waals surface area contributed by atoms with Crippen LogP contribution in [0.2, 0.25) is 0 Å². The van der Waals surface area contributed by atoms with Crippen molar-refractivity contribution in [1.29, 1.82) is 0 Å². The molecule has 0 atom stereocenters. The van der Waals surface area contributed by atoms with Gasteiger partial charge in [0, 0.05) is 11.1 Å². The number of carbonyl (C=O) groups is 2. The molecule has 1 N–H and O–H groups in total. The van der Waals surface area contributed by atoms with Crippen molar-refractivity contribution in [2.45, 2.75) is 6.42 Å². The summed E-state index contributed by atoms with van der Waals surface area (Å²) in [7, 11) is 6.07. The van der Waals surface area contributed by atoms with Gasteiger partial charge in [-0.05, 0) is 60.2 Å². The van der Waals surface area contributed by atoms with Gasteiger partial charge in [0.25, 0.3) is 0 Å². The van der Waals surface area contributed by atoms with Gasteiger partial charge in [-0.15, -0.1) is 0 Å². The minimum absolute atomic E-state index is 0.0650. The molecule has 0 fully saturated rings. The van der Waals surface area contributed by atoms with Crippen LogP contribution in [-0.4, -0.2) is 45.3 Å². The lowest BCUT2D eigenvalue weighted by Crippen LogP contribution is -2.01. The van der Waals surface area contributed by atoms with Crippen molar-refractivity contribution in [3.05, 3.63) is 71.0 Å². The first kappa shape index (κ1) is 24.8. The lowest BCUT2D eigenvalue weighted by Gasteiger charge is -2.13. The third kappa shape index (κ3) is 4.17. The highest BCUT2D eigenvalue weighted by molar-refractivity contribution is 6.18. The first-order valence-corrected chi connectivity index (χ1v) is 11.6. The smallest absolute Gasteiger partial charge is 0.307 e. The molecule has 0 bridgehead atoms. The van der Waals surface area contributed by atoms with Gasteiger partial charge in [0.15, 0.2) is 17.3 Å². The molecule has 0 aliphatic carbocycles. The van der Waals surface area contributed by atoms with Crippen molar-refractivity contribution in [2.24, 2.45) is 0 Å². The number of Topliss-reactive ketones (excluding diaryl/α,β-unsaturated/α-hetero) is 1. The van der Waals surface area contributed by atoms with Crippen LogP contribution in [0.25, 0.3) is 28.4 Å². The second-order valence-corrected chi connectivity index (χ2v) is 8.42. The number of ether oxygens (including phenoxy) is 5. The third-order valence-corrected chi connectivity index (χ3v) is 6.25. The Kier molecular flexibility index (Phi) is 6.42. The van der Waals surface area contributed by atoms with E-state index in [9.17, 15) is 14.7 Å². The number of carbonyl (C=O) groups excluding carboxylic acids is 1. The zero-order chi connectivity index (χ0) is 27.0. The Morgan fingerprint density at radius 2 is 1.61 bits per heavy atom. The van der Waals surface area contributed by atoms with Gasteiger partial charge in [-0.3, -0.25) is 9.59 Å². The Labute approximate surface area is 217 Å². The average molecular weight is 517 g/mol. The fourth-order valence-corrected chi connectivity index (χ4v) is 4.52. The lowest BCUT2D eigenvalue weighted by molar-refractivity contribution is -0.136. The SMILES string of the molecule is COc1ccc(-c2oc3ccc4c(c3c2CC(=O)O)OC(=Cc2cc(OC)c(OC)c(OC)c2)C4=O)cc1. The summed E-state index contributed by atoms with van der Waals surface area (Å²) in [5, 5.41) is 10.1. The first-order chi connectivity index (χ1) is 18.4. The number of benzene rings is 3. The summed E-state index contributed by atoms with van der Waals surface area (Å²) < 4.78 is 33.6. The summed E-state index contributed by atoms with van der Waals surface area (Å²) in [6.45, 7) is 0. The first-order valence-electron chi connectivity index (χ1n) is 11.6. The molecule has 9 heteroatoms. The van der Waals surface area contributed by atoms with Gasteiger partial charge in [-0.1, -0.05) is 0 Å². The molecular formula is C29H24O9. The molecule has 0 spiro atoms. The molecule has 9 nitrogen and oxygen atoms in total. The highest BCUT2D eigenvalue weighted by atomic mass is 16.5. The van der Waals surface area contributed by atoms with E-state index in [4.69, 9.17) is 28.1 Å². The molecule has 4 aromatic rings. The van der Waals surface area contributed by atoms with Crippen molar-refractivity contribution in [3.63, 3.8) is 0 Å². The second kappa shape index (κ2) is 9.85. The number of allylic oxidation sites excluding steroid dienone is 1. The van der Waals surface area contributed by atoms with Crippen molar-refractivity contribution < 1.29 is 42.8 Å². The van der Waals surface area contributed by atoms with E-state index in [1.54, 1.807) is 61.7 Å². The Morgan fingerprint density at radius 3 is 2.18 bits per heavy atom. The topological polar surface area (TPSA) is 114 Å². The normalized spacial score (nSPS) is 13.4. The number of carboxylic acid groups (broad SMARTS) is 1. The molecule has 3 aromatic carbocycles. The zero-order valence-corrected chi connectivity index (χ0v) is 21.1. The van der Waals surface area contributed by atoms with E-state index in [-0.39, 0.29) is 23.7 Å². The van der Waals surface area contributed by atoms with Gasteiger partial charge in [0.2, 0.25) is 11.5 Å². The molecule has 0 saturated carbocycles. The van der Waals surface area contributed by atoms with E-state index >= 15 is 0 Å². The minimum atomic E-state index is -1.04. The quantitative estimate of drug-likeness (QED) is 0.308. The number of ketones is 1. The van der Waals surface area contributed by atoms with Crippen LogP contribution < -0.4 is 23.7 Å². The molecule has 0 saturated heterocycles. The predicted octanol–water partition coefficient (Wildman–Crippen LogP) is 5.38. The highest BCUT2D eigenvalue weighted by Gasteiger charge is 2.33. The van der Waals surface area contributed by atoms with E-state index < -0.39 is 5.97 Å². The molecule has 2 heterocycles. The third-order valence-electron chi connectivity index (χ3n) is 6.25. The minimum Gasteiger partial charge on any atom is -0.497 e. The van der Waals surface area contributed by atoms with Crippen molar-refractivity contribution >= 4 is 28.8 Å². The van der Waals surface area contributed by atoms with Crippen LogP contribution in [0.5, 0.6) is 28.7 Å². The Morgan fingerprint density at radius 1 is 0.921 bits per heavy atom. The molecular weight excluding hydrogens is 492 g/mol. The van der Waals surface area contributed by atoms with Gasteiger partial charge in [0.1, 0.15) is 22.8 Å². The van der Waals surface area contributed by atoms with Crippen molar-refractivity contribution in [1.82, 2.24) is 0 Å². The predicted molar refractivity (Wildman–Crippen MR) is 139 cm³/mol. The van der Waals surface area contributed by atoms with Gasteiger partial charge < -0.3 is 33.2 Å². The summed E-state index contributed by atoms with van der Waals surface area (Å²) in [6, 6.07) is 13.7. The number of hydrogen-bond acceptors (Lipinski definition) is 8. The van der Waals surface area contributed by atoms with E-state index in [0.717, 1.165) is 0 Å². The molecule has 1 aliphatic heterocycles. The summed E-state index contributed by atoms with van der Waals surface area (Å²) in [5.41, 5.74) is 2.39. The number of hydrogen-bond donors (Lipinski definition) is 1. The number of rotatable bonds is 8. The zero-order valence-electron chi connectivity index (χ0n) is 21.1. The Bertz CT molecular complexity index is 1570. The lowest BCUT2D eigenvalue weighted by atomic mass is 10.00. The molecule has 38 heavy (non-hydrogen) atoms. The molecule has 194 valence electrons. The van der Waals surface area contributed by atoms with Crippen LogP contribution in [0.15, 0.2) is 58.7 Å². The summed E-state index contributed by atoms with van der Waals surface area (Å²) in [5.74, 6) is 1.24. The standard InChI is InChI=1S/C29H24O9/c1-33-17-7-5-16(6-8-17)27-19(14-24(30)31)25-20(37-27)10-9-18-26(32)21(38-28(18)25)11-15-12-22(34-2)29(36-4)23(13-15)35-3/h5-13H,14H2,1-4H3,(H,30,31).